The fourth-order valence-electron chi connectivity index (χ4n) is 1.06. The van der Waals surface area contributed by atoms with Crippen LogP contribution in [0.2, 0.25) is 0 Å². The van der Waals surface area contributed by atoms with E-state index >= 15 is 0 Å². The van der Waals surface area contributed by atoms with E-state index in [9.17, 15) is 9.18 Å². The van der Waals surface area contributed by atoms with E-state index in [4.69, 9.17) is 9.47 Å². The van der Waals surface area contributed by atoms with E-state index in [1.54, 1.807) is 13.0 Å². The van der Waals surface area contributed by atoms with Gasteiger partial charge in [-0.2, -0.15) is 0 Å². The lowest BCUT2D eigenvalue weighted by Gasteiger charge is -2.07. The Balaban J connectivity index is 2.57. The predicted octanol–water partition coefficient (Wildman–Crippen LogP) is 1.78. The molecule has 0 atom stereocenters. The Morgan fingerprint density at radius 3 is 2.75 bits per heavy atom. The summed E-state index contributed by atoms with van der Waals surface area (Å²) in [6.45, 7) is 1.65. The summed E-state index contributed by atoms with van der Waals surface area (Å²) in [6.07, 6.45) is 0. The fraction of sp³-hybridized carbons (Fsp3) is 0.364. The predicted molar refractivity (Wildman–Crippen MR) is 55.1 cm³/mol. The van der Waals surface area contributed by atoms with E-state index in [1.807, 2.05) is 0 Å². The Kier molecular flexibility index (Phi) is 4.57. The van der Waals surface area contributed by atoms with E-state index in [-0.39, 0.29) is 19.0 Å². The number of ether oxygens (including phenoxy) is 3. The van der Waals surface area contributed by atoms with Crippen LogP contribution in [0.5, 0.6) is 11.5 Å². The largest absolute Gasteiger partial charge is 0.497 e. The molecule has 88 valence electrons. The number of methoxy groups -OCH3 is 1. The summed E-state index contributed by atoms with van der Waals surface area (Å²) in [5.41, 5.74) is 0. The molecule has 0 N–H and O–H groups in total. The van der Waals surface area contributed by atoms with Gasteiger partial charge in [-0.25, -0.2) is 9.18 Å². The smallest absolute Gasteiger partial charge is 0.344 e. The second kappa shape index (κ2) is 5.95. The highest BCUT2D eigenvalue weighted by Gasteiger charge is 2.08. The number of hydrogen-bond acceptors (Lipinski definition) is 4. The molecule has 0 saturated carbocycles. The number of hydrogen-bond donors (Lipinski definition) is 0. The lowest BCUT2D eigenvalue weighted by Crippen LogP contribution is -2.15. The molecule has 0 bridgehead atoms. The highest BCUT2D eigenvalue weighted by atomic mass is 19.1. The lowest BCUT2D eigenvalue weighted by molar-refractivity contribution is -0.145. The van der Waals surface area contributed by atoms with Crippen LogP contribution in [0.4, 0.5) is 4.39 Å². The minimum Gasteiger partial charge on any atom is -0.497 e. The average molecular weight is 228 g/mol. The summed E-state index contributed by atoms with van der Waals surface area (Å²) in [6, 6.07) is 4.12. The first kappa shape index (κ1) is 12.3. The van der Waals surface area contributed by atoms with Gasteiger partial charge in [-0.15, -0.1) is 0 Å². The molecule has 1 aromatic rings. The number of benzene rings is 1. The van der Waals surface area contributed by atoms with Crippen LogP contribution < -0.4 is 9.47 Å². The molecule has 0 amide bonds. The maximum absolute atomic E-state index is 13.3. The molecule has 0 heterocycles. The number of halogens is 1. The molecule has 4 nitrogen and oxygen atoms in total. The third-order valence-corrected chi connectivity index (χ3v) is 1.79. The van der Waals surface area contributed by atoms with Crippen molar-refractivity contribution < 1.29 is 23.4 Å². The first-order chi connectivity index (χ1) is 7.67. The molecule has 0 unspecified atom stereocenters. The second-order valence-corrected chi connectivity index (χ2v) is 2.89. The molecular formula is C11H13FO4. The standard InChI is InChI=1S/C11H13FO4/c1-3-15-11(13)7-16-10-5-4-8(14-2)6-9(10)12/h4-6H,3,7H2,1-2H3. The number of rotatable bonds is 5. The number of carbonyl (C=O) groups is 1. The fourth-order valence-corrected chi connectivity index (χ4v) is 1.06. The molecule has 0 aliphatic carbocycles. The van der Waals surface area contributed by atoms with E-state index < -0.39 is 11.8 Å². The first-order valence-electron chi connectivity index (χ1n) is 4.79. The van der Waals surface area contributed by atoms with Crippen LogP contribution in [0.25, 0.3) is 0 Å². The van der Waals surface area contributed by atoms with Gasteiger partial charge in [-0.3, -0.25) is 0 Å². The van der Waals surface area contributed by atoms with Crippen molar-refractivity contribution in [1.82, 2.24) is 0 Å². The van der Waals surface area contributed by atoms with Crippen LogP contribution in [0.15, 0.2) is 18.2 Å². The zero-order valence-electron chi connectivity index (χ0n) is 9.16. The van der Waals surface area contributed by atoms with Crippen LogP contribution in [0.3, 0.4) is 0 Å². The van der Waals surface area contributed by atoms with Crippen molar-refractivity contribution in [2.75, 3.05) is 20.3 Å². The van der Waals surface area contributed by atoms with Gasteiger partial charge >= 0.3 is 5.97 Å². The Labute approximate surface area is 92.9 Å². The summed E-state index contributed by atoms with van der Waals surface area (Å²) in [4.78, 5) is 11.0. The lowest BCUT2D eigenvalue weighted by atomic mass is 10.3. The minimum absolute atomic E-state index is 0.00569. The molecule has 0 aliphatic rings. The average Bonchev–Trinajstić information content (AvgIpc) is 2.27. The quantitative estimate of drug-likeness (QED) is 0.720. The SMILES string of the molecule is CCOC(=O)COc1ccc(OC)cc1F. The molecule has 1 aromatic carbocycles. The highest BCUT2D eigenvalue weighted by molar-refractivity contribution is 5.71. The molecule has 5 heteroatoms. The van der Waals surface area contributed by atoms with E-state index in [0.717, 1.165) is 0 Å². The van der Waals surface area contributed by atoms with Gasteiger partial charge in [0.1, 0.15) is 5.75 Å². The van der Waals surface area contributed by atoms with Gasteiger partial charge in [0, 0.05) is 6.07 Å². The van der Waals surface area contributed by atoms with Crippen LogP contribution >= 0.6 is 0 Å². The van der Waals surface area contributed by atoms with Crippen LogP contribution in [0, 0.1) is 5.82 Å². The normalized spacial score (nSPS) is 9.69. The van der Waals surface area contributed by atoms with Crippen molar-refractivity contribution >= 4 is 5.97 Å². The number of carbonyl (C=O) groups excluding carboxylic acids is 1. The van der Waals surface area contributed by atoms with Crippen LogP contribution in [-0.4, -0.2) is 26.3 Å². The van der Waals surface area contributed by atoms with Crippen LogP contribution in [0.1, 0.15) is 6.92 Å². The molecule has 0 saturated heterocycles. The number of esters is 1. The molecule has 0 fully saturated rings. The van der Waals surface area contributed by atoms with E-state index in [2.05, 4.69) is 4.74 Å². The van der Waals surface area contributed by atoms with Gasteiger partial charge in [0.25, 0.3) is 0 Å². The van der Waals surface area contributed by atoms with Crippen molar-refractivity contribution in [2.45, 2.75) is 6.92 Å². The summed E-state index contributed by atoms with van der Waals surface area (Å²) in [5.74, 6) is -0.726. The third kappa shape index (κ3) is 3.42. The Morgan fingerprint density at radius 1 is 1.44 bits per heavy atom. The van der Waals surface area contributed by atoms with Crippen molar-refractivity contribution in [3.63, 3.8) is 0 Å². The van der Waals surface area contributed by atoms with E-state index in [1.165, 1.54) is 19.2 Å². The van der Waals surface area contributed by atoms with Crippen LogP contribution in [-0.2, 0) is 9.53 Å². The molecule has 0 aliphatic heterocycles. The zero-order valence-corrected chi connectivity index (χ0v) is 9.16. The molecule has 0 radical (unpaired) electrons. The summed E-state index contributed by atoms with van der Waals surface area (Å²) in [7, 11) is 1.44. The highest BCUT2D eigenvalue weighted by Crippen LogP contribution is 2.22. The van der Waals surface area contributed by atoms with Gasteiger partial charge in [0.05, 0.1) is 13.7 Å². The summed E-state index contributed by atoms with van der Waals surface area (Å²) in [5, 5.41) is 0. The maximum Gasteiger partial charge on any atom is 0.344 e. The second-order valence-electron chi connectivity index (χ2n) is 2.89. The van der Waals surface area contributed by atoms with Gasteiger partial charge < -0.3 is 14.2 Å². The minimum atomic E-state index is -0.580. The third-order valence-electron chi connectivity index (χ3n) is 1.79. The van der Waals surface area contributed by atoms with Gasteiger partial charge in [-0.1, -0.05) is 0 Å². The van der Waals surface area contributed by atoms with Crippen molar-refractivity contribution in [1.29, 1.82) is 0 Å². The maximum atomic E-state index is 13.3. The van der Waals surface area contributed by atoms with E-state index in [0.29, 0.717) is 5.75 Å². The zero-order chi connectivity index (χ0) is 12.0. The molecule has 0 spiro atoms. The molecule has 1 rings (SSSR count). The monoisotopic (exact) mass is 228 g/mol. The van der Waals surface area contributed by atoms with Gasteiger partial charge in [0.15, 0.2) is 18.2 Å². The molecule has 16 heavy (non-hydrogen) atoms. The topological polar surface area (TPSA) is 44.8 Å². The Morgan fingerprint density at radius 2 is 2.19 bits per heavy atom. The summed E-state index contributed by atoms with van der Waals surface area (Å²) >= 11 is 0. The Hall–Kier alpha value is -1.78. The Bertz CT molecular complexity index is 365. The van der Waals surface area contributed by atoms with Crippen molar-refractivity contribution in [3.05, 3.63) is 24.0 Å². The van der Waals surface area contributed by atoms with Crippen molar-refractivity contribution in [2.24, 2.45) is 0 Å². The summed E-state index contributed by atoms with van der Waals surface area (Å²) < 4.78 is 27.7. The van der Waals surface area contributed by atoms with Gasteiger partial charge in [0.2, 0.25) is 0 Å². The van der Waals surface area contributed by atoms with Gasteiger partial charge in [-0.05, 0) is 19.1 Å². The molecular weight excluding hydrogens is 215 g/mol. The van der Waals surface area contributed by atoms with Crippen molar-refractivity contribution in [3.8, 4) is 11.5 Å². The first-order valence-corrected chi connectivity index (χ1v) is 4.79. The molecule has 0 aromatic heterocycles.